The second-order valence-corrected chi connectivity index (χ2v) is 5.71. The molecule has 0 amide bonds. The standard InChI is InChI=1S/C16H13NO3S/c1-9-6-12(18)13(20-2)7-10(9)8-14-15(19)11-4-3-5-17-16(11)21-14/h3-8,18H,1-2H3/b14-8-. The number of aryl methyl sites for hydroxylation is 1. The van der Waals surface area contributed by atoms with Crippen LogP contribution in [-0.2, 0) is 0 Å². The van der Waals surface area contributed by atoms with Crippen LogP contribution in [0.15, 0.2) is 40.4 Å². The molecular weight excluding hydrogens is 286 g/mol. The van der Waals surface area contributed by atoms with Gasteiger partial charge in [0, 0.05) is 6.20 Å². The molecule has 0 unspecified atom stereocenters. The number of fused-ring (bicyclic) bond motifs is 1. The van der Waals surface area contributed by atoms with Gasteiger partial charge in [-0.3, -0.25) is 4.79 Å². The number of pyridine rings is 1. The van der Waals surface area contributed by atoms with Crippen molar-refractivity contribution in [2.45, 2.75) is 11.9 Å². The summed E-state index contributed by atoms with van der Waals surface area (Å²) in [6, 6.07) is 6.89. The number of phenols is 1. The van der Waals surface area contributed by atoms with Gasteiger partial charge in [-0.2, -0.15) is 0 Å². The molecule has 3 rings (SSSR count). The van der Waals surface area contributed by atoms with E-state index in [9.17, 15) is 9.90 Å². The molecule has 0 saturated heterocycles. The van der Waals surface area contributed by atoms with Crippen molar-refractivity contribution in [2.24, 2.45) is 0 Å². The van der Waals surface area contributed by atoms with Gasteiger partial charge in [0.2, 0.25) is 5.78 Å². The maximum Gasteiger partial charge on any atom is 0.202 e. The summed E-state index contributed by atoms with van der Waals surface area (Å²) >= 11 is 1.36. The van der Waals surface area contributed by atoms with Crippen molar-refractivity contribution < 1.29 is 14.6 Å². The molecule has 0 bridgehead atoms. The van der Waals surface area contributed by atoms with Crippen molar-refractivity contribution in [2.75, 3.05) is 7.11 Å². The maximum absolute atomic E-state index is 12.3. The Balaban J connectivity index is 2.03. The van der Waals surface area contributed by atoms with Crippen LogP contribution in [0.2, 0.25) is 0 Å². The Morgan fingerprint density at radius 1 is 1.38 bits per heavy atom. The van der Waals surface area contributed by atoms with E-state index in [-0.39, 0.29) is 11.5 Å². The van der Waals surface area contributed by atoms with Crippen molar-refractivity contribution in [1.82, 2.24) is 4.98 Å². The molecule has 1 aromatic carbocycles. The van der Waals surface area contributed by atoms with Gasteiger partial charge in [0.1, 0.15) is 5.03 Å². The van der Waals surface area contributed by atoms with Crippen LogP contribution >= 0.6 is 11.8 Å². The summed E-state index contributed by atoms with van der Waals surface area (Å²) in [6.45, 7) is 1.88. The number of nitrogens with zero attached hydrogens (tertiary/aromatic N) is 1. The number of ether oxygens (including phenoxy) is 1. The summed E-state index contributed by atoms with van der Waals surface area (Å²) in [6.07, 6.45) is 3.49. The summed E-state index contributed by atoms with van der Waals surface area (Å²) in [5.74, 6) is 0.459. The smallest absolute Gasteiger partial charge is 0.202 e. The fourth-order valence-corrected chi connectivity index (χ4v) is 3.15. The molecule has 5 heteroatoms. The molecule has 0 spiro atoms. The predicted molar refractivity (Wildman–Crippen MR) is 81.8 cm³/mol. The summed E-state index contributed by atoms with van der Waals surface area (Å²) in [7, 11) is 1.50. The van der Waals surface area contributed by atoms with Crippen molar-refractivity contribution in [1.29, 1.82) is 0 Å². The van der Waals surface area contributed by atoms with Crippen molar-refractivity contribution in [3.05, 3.63) is 52.1 Å². The zero-order chi connectivity index (χ0) is 15.0. The number of hydrogen-bond donors (Lipinski definition) is 1. The van der Waals surface area contributed by atoms with Gasteiger partial charge in [0.25, 0.3) is 0 Å². The van der Waals surface area contributed by atoms with Gasteiger partial charge >= 0.3 is 0 Å². The van der Waals surface area contributed by atoms with Crippen LogP contribution in [0.25, 0.3) is 6.08 Å². The first-order chi connectivity index (χ1) is 10.1. The number of methoxy groups -OCH3 is 1. The van der Waals surface area contributed by atoms with Crippen molar-refractivity contribution >= 4 is 23.6 Å². The van der Waals surface area contributed by atoms with E-state index in [1.54, 1.807) is 30.5 Å². The van der Waals surface area contributed by atoms with Crippen LogP contribution in [-0.4, -0.2) is 23.0 Å². The number of phenolic OH excluding ortho intramolecular Hbond substituents is 1. The van der Waals surface area contributed by atoms with Gasteiger partial charge < -0.3 is 9.84 Å². The average molecular weight is 299 g/mol. The number of hydrogen-bond acceptors (Lipinski definition) is 5. The van der Waals surface area contributed by atoms with Crippen LogP contribution < -0.4 is 4.74 Å². The van der Waals surface area contributed by atoms with Gasteiger partial charge in [-0.05, 0) is 48.4 Å². The zero-order valence-electron chi connectivity index (χ0n) is 11.6. The molecule has 0 atom stereocenters. The fourth-order valence-electron chi connectivity index (χ4n) is 2.17. The lowest BCUT2D eigenvalue weighted by atomic mass is 10.1. The minimum Gasteiger partial charge on any atom is -0.504 e. The molecule has 0 saturated carbocycles. The highest BCUT2D eigenvalue weighted by Gasteiger charge is 2.26. The molecule has 0 radical (unpaired) electrons. The molecule has 1 aromatic heterocycles. The molecule has 4 nitrogen and oxygen atoms in total. The number of aromatic hydroxyl groups is 1. The van der Waals surface area contributed by atoms with E-state index < -0.39 is 0 Å². The van der Waals surface area contributed by atoms with Gasteiger partial charge in [-0.15, -0.1) is 0 Å². The Bertz CT molecular complexity index is 768. The topological polar surface area (TPSA) is 59.4 Å². The summed E-state index contributed by atoms with van der Waals surface area (Å²) in [5, 5.41) is 10.5. The predicted octanol–water partition coefficient (Wildman–Crippen LogP) is 3.43. The molecule has 0 aliphatic carbocycles. The van der Waals surface area contributed by atoms with E-state index in [0.29, 0.717) is 16.2 Å². The molecule has 1 aliphatic heterocycles. The molecule has 2 heterocycles. The highest BCUT2D eigenvalue weighted by molar-refractivity contribution is 8.04. The Morgan fingerprint density at radius 3 is 2.90 bits per heavy atom. The molecule has 0 fully saturated rings. The highest BCUT2D eigenvalue weighted by Crippen LogP contribution is 2.40. The summed E-state index contributed by atoms with van der Waals surface area (Å²) < 4.78 is 5.11. The molecule has 1 N–H and O–H groups in total. The third-order valence-corrected chi connectivity index (χ3v) is 4.34. The van der Waals surface area contributed by atoms with Gasteiger partial charge in [-0.1, -0.05) is 11.8 Å². The third-order valence-electron chi connectivity index (χ3n) is 3.30. The first-order valence-corrected chi connectivity index (χ1v) is 7.18. The van der Waals surface area contributed by atoms with Crippen molar-refractivity contribution in [3.8, 4) is 11.5 Å². The quantitative estimate of drug-likeness (QED) is 0.861. The maximum atomic E-state index is 12.3. The first-order valence-electron chi connectivity index (χ1n) is 6.37. The molecular formula is C16H13NO3S. The number of ketones is 1. The summed E-state index contributed by atoms with van der Waals surface area (Å²) in [5.41, 5.74) is 2.35. The summed E-state index contributed by atoms with van der Waals surface area (Å²) in [4.78, 5) is 17.2. The van der Waals surface area contributed by atoms with E-state index in [1.165, 1.54) is 18.9 Å². The van der Waals surface area contributed by atoms with Crippen LogP contribution in [0.1, 0.15) is 21.5 Å². The number of carbonyl (C=O) groups excluding carboxylic acids is 1. The van der Waals surface area contributed by atoms with E-state index in [4.69, 9.17) is 4.74 Å². The Hall–Kier alpha value is -2.27. The highest BCUT2D eigenvalue weighted by atomic mass is 32.2. The minimum absolute atomic E-state index is 0.0189. The number of Topliss-reactive ketones (excluding diaryl/α,β-unsaturated/α-hetero) is 1. The molecule has 106 valence electrons. The second kappa shape index (κ2) is 5.26. The minimum atomic E-state index is -0.0189. The molecule has 21 heavy (non-hydrogen) atoms. The monoisotopic (exact) mass is 299 g/mol. The number of carbonyl (C=O) groups is 1. The van der Waals surface area contributed by atoms with Crippen molar-refractivity contribution in [3.63, 3.8) is 0 Å². The lowest BCUT2D eigenvalue weighted by Gasteiger charge is -2.08. The number of benzene rings is 1. The average Bonchev–Trinajstić information content (AvgIpc) is 2.79. The normalized spacial score (nSPS) is 15.3. The first kappa shape index (κ1) is 13.7. The van der Waals surface area contributed by atoms with Gasteiger partial charge in [0.05, 0.1) is 17.6 Å². The van der Waals surface area contributed by atoms with Crippen LogP contribution in [0.3, 0.4) is 0 Å². The lowest BCUT2D eigenvalue weighted by Crippen LogP contribution is -1.95. The number of aromatic nitrogens is 1. The van der Waals surface area contributed by atoms with E-state index in [1.807, 2.05) is 13.0 Å². The van der Waals surface area contributed by atoms with E-state index in [2.05, 4.69) is 4.98 Å². The molecule has 2 aromatic rings. The van der Waals surface area contributed by atoms with Crippen LogP contribution in [0, 0.1) is 6.92 Å². The van der Waals surface area contributed by atoms with Gasteiger partial charge in [0.15, 0.2) is 11.5 Å². The number of thioether (sulfide) groups is 1. The SMILES string of the molecule is COc1cc(/C=C2\Sc3ncccc3C2=O)c(C)cc1O. The Labute approximate surface area is 126 Å². The Morgan fingerprint density at radius 2 is 2.19 bits per heavy atom. The number of allylic oxidation sites excluding steroid dienone is 1. The third kappa shape index (κ3) is 2.40. The fraction of sp³-hybridized carbons (Fsp3) is 0.125. The lowest BCUT2D eigenvalue weighted by molar-refractivity contribution is 0.104. The number of rotatable bonds is 2. The Kier molecular flexibility index (Phi) is 3.43. The molecule has 1 aliphatic rings. The zero-order valence-corrected chi connectivity index (χ0v) is 12.4. The van der Waals surface area contributed by atoms with E-state index >= 15 is 0 Å². The van der Waals surface area contributed by atoms with E-state index in [0.717, 1.165) is 16.2 Å². The van der Waals surface area contributed by atoms with Gasteiger partial charge in [-0.25, -0.2) is 4.98 Å². The van der Waals surface area contributed by atoms with Crippen LogP contribution in [0.5, 0.6) is 11.5 Å². The largest absolute Gasteiger partial charge is 0.504 e. The second-order valence-electron chi connectivity index (χ2n) is 4.68. The van der Waals surface area contributed by atoms with Crippen LogP contribution in [0.4, 0.5) is 0 Å².